The topological polar surface area (TPSA) is 75.8 Å². The highest BCUT2D eigenvalue weighted by atomic mass is 16.6. The molecule has 1 atom stereocenters. The first kappa shape index (κ1) is 12.2. The second-order valence-corrected chi connectivity index (χ2v) is 3.98. The van der Waals surface area contributed by atoms with Gasteiger partial charge in [-0.2, -0.15) is 0 Å². The van der Waals surface area contributed by atoms with Crippen molar-refractivity contribution in [3.8, 4) is 0 Å². The first-order valence-electron chi connectivity index (χ1n) is 4.15. The maximum absolute atomic E-state index is 11.2. The van der Waals surface area contributed by atoms with Crippen molar-refractivity contribution in [2.75, 3.05) is 6.54 Å². The number of carbonyl (C=O) groups excluding carboxylic acids is 1. The Kier molecular flexibility index (Phi) is 4.16. The summed E-state index contributed by atoms with van der Waals surface area (Å²) in [6.45, 7) is 6.86. The van der Waals surface area contributed by atoms with Crippen molar-refractivity contribution in [3.63, 3.8) is 0 Å². The third-order valence-electron chi connectivity index (χ3n) is 1.09. The number of hydrazine groups is 1. The molecule has 0 aliphatic carbocycles. The minimum atomic E-state index is -0.655. The molecule has 3 N–H and O–H groups in total. The number of hydrogen-bond acceptors (Lipinski definition) is 4. The summed E-state index contributed by atoms with van der Waals surface area (Å²) < 4.78 is 4.95. The molecule has 0 spiro atoms. The minimum Gasteiger partial charge on any atom is -0.443 e. The van der Waals surface area contributed by atoms with E-state index >= 15 is 0 Å². The summed E-state index contributed by atoms with van der Waals surface area (Å²) in [6, 6.07) is 0. The summed E-state index contributed by atoms with van der Waals surface area (Å²) in [5, 5.41) is 9.80. The highest BCUT2D eigenvalue weighted by Gasteiger charge is 2.20. The largest absolute Gasteiger partial charge is 0.443 e. The van der Waals surface area contributed by atoms with E-state index in [1.54, 1.807) is 27.7 Å². The molecule has 0 rings (SSSR count). The molecule has 0 saturated heterocycles. The Balaban J connectivity index is 3.97. The fraction of sp³-hybridized carbons (Fsp3) is 0.875. The Hall–Kier alpha value is -0.810. The van der Waals surface area contributed by atoms with Crippen molar-refractivity contribution in [2.24, 2.45) is 5.84 Å². The Morgan fingerprint density at radius 1 is 1.62 bits per heavy atom. The molecule has 13 heavy (non-hydrogen) atoms. The molecule has 0 aliphatic heterocycles. The van der Waals surface area contributed by atoms with Crippen LogP contribution in [0, 0.1) is 0 Å². The molecule has 0 bridgehead atoms. The van der Waals surface area contributed by atoms with Gasteiger partial charge in [-0.05, 0) is 27.7 Å². The molecule has 0 aromatic carbocycles. The molecule has 0 aliphatic rings. The third kappa shape index (κ3) is 6.36. The van der Waals surface area contributed by atoms with Crippen LogP contribution in [0.15, 0.2) is 0 Å². The van der Waals surface area contributed by atoms with Crippen LogP contribution in [0.25, 0.3) is 0 Å². The Bertz CT molecular complexity index is 175. The number of ether oxygens (including phenoxy) is 1. The van der Waals surface area contributed by atoms with Gasteiger partial charge < -0.3 is 9.84 Å². The van der Waals surface area contributed by atoms with Crippen molar-refractivity contribution >= 4 is 6.09 Å². The van der Waals surface area contributed by atoms with Gasteiger partial charge in [0.05, 0.1) is 12.6 Å². The van der Waals surface area contributed by atoms with Crippen LogP contribution in [-0.4, -0.2) is 34.5 Å². The molecule has 0 aromatic heterocycles. The van der Waals surface area contributed by atoms with Gasteiger partial charge in [0.1, 0.15) is 5.60 Å². The molecular formula is C8H18N2O3. The lowest BCUT2D eigenvalue weighted by atomic mass is 10.2. The smallest absolute Gasteiger partial charge is 0.424 e. The van der Waals surface area contributed by atoms with E-state index in [0.717, 1.165) is 5.01 Å². The summed E-state index contributed by atoms with van der Waals surface area (Å²) in [6.07, 6.45) is -1.29. The van der Waals surface area contributed by atoms with Crippen molar-refractivity contribution in [2.45, 2.75) is 39.4 Å². The lowest BCUT2D eigenvalue weighted by Crippen LogP contribution is -2.44. The first-order chi connectivity index (χ1) is 5.72. The fourth-order valence-electron chi connectivity index (χ4n) is 0.680. The number of hydrogen-bond donors (Lipinski definition) is 2. The predicted molar refractivity (Wildman–Crippen MR) is 48.8 cm³/mol. The molecule has 1 amide bonds. The Morgan fingerprint density at radius 2 is 2.08 bits per heavy atom. The molecule has 0 radical (unpaired) electrons. The van der Waals surface area contributed by atoms with Crippen LogP contribution in [0.1, 0.15) is 27.7 Å². The van der Waals surface area contributed by atoms with Crippen LogP contribution in [0.4, 0.5) is 4.79 Å². The van der Waals surface area contributed by atoms with E-state index in [2.05, 4.69) is 0 Å². The van der Waals surface area contributed by atoms with Gasteiger partial charge in [0.25, 0.3) is 0 Å². The quantitative estimate of drug-likeness (QED) is 0.377. The normalized spacial score (nSPS) is 13.7. The second kappa shape index (κ2) is 4.43. The van der Waals surface area contributed by atoms with E-state index in [4.69, 9.17) is 15.7 Å². The van der Waals surface area contributed by atoms with Gasteiger partial charge in [-0.15, -0.1) is 0 Å². The van der Waals surface area contributed by atoms with Crippen LogP contribution >= 0.6 is 0 Å². The lowest BCUT2D eigenvalue weighted by molar-refractivity contribution is 0.0159. The third-order valence-corrected chi connectivity index (χ3v) is 1.09. The maximum atomic E-state index is 11.2. The highest BCUT2D eigenvalue weighted by Crippen LogP contribution is 2.08. The van der Waals surface area contributed by atoms with Gasteiger partial charge in [-0.25, -0.2) is 15.6 Å². The molecule has 0 saturated carbocycles. The first-order valence-corrected chi connectivity index (χ1v) is 4.15. The number of rotatable bonds is 2. The summed E-state index contributed by atoms with van der Waals surface area (Å²) in [7, 11) is 0. The zero-order valence-corrected chi connectivity index (χ0v) is 8.57. The number of carbonyl (C=O) groups is 1. The molecule has 0 aromatic rings. The number of aliphatic hydroxyl groups excluding tert-OH is 1. The number of nitrogens with zero attached hydrogens (tertiary/aromatic N) is 1. The monoisotopic (exact) mass is 190 g/mol. The lowest BCUT2D eigenvalue weighted by Gasteiger charge is -2.24. The molecule has 5 nitrogen and oxygen atoms in total. The van der Waals surface area contributed by atoms with Gasteiger partial charge in [0.2, 0.25) is 0 Å². The van der Waals surface area contributed by atoms with Crippen LogP contribution in [0.5, 0.6) is 0 Å². The van der Waals surface area contributed by atoms with E-state index in [1.807, 2.05) is 0 Å². The zero-order chi connectivity index (χ0) is 10.6. The maximum Gasteiger partial charge on any atom is 0.424 e. The number of amides is 1. The number of aliphatic hydroxyl groups is 1. The van der Waals surface area contributed by atoms with Gasteiger partial charge in [0, 0.05) is 0 Å². The standard InChI is InChI=1S/C8H18N2O3/c1-6(11)5-10(9)7(12)13-8(2,3)4/h6,11H,5,9H2,1-4H3. The minimum absolute atomic E-state index is 0.0644. The fourth-order valence-corrected chi connectivity index (χ4v) is 0.680. The average Bonchev–Trinajstić information content (AvgIpc) is 1.81. The predicted octanol–water partition coefficient (Wildman–Crippen LogP) is 0.478. The number of nitrogens with two attached hydrogens (primary N) is 1. The molecule has 78 valence electrons. The second-order valence-electron chi connectivity index (χ2n) is 3.98. The van der Waals surface area contributed by atoms with Crippen LogP contribution in [0.3, 0.4) is 0 Å². The van der Waals surface area contributed by atoms with E-state index < -0.39 is 17.8 Å². The molecule has 0 heterocycles. The molecule has 0 fully saturated rings. The van der Waals surface area contributed by atoms with Crippen molar-refractivity contribution in [1.29, 1.82) is 0 Å². The molecule has 5 heteroatoms. The van der Waals surface area contributed by atoms with E-state index in [-0.39, 0.29) is 6.54 Å². The highest BCUT2D eigenvalue weighted by molar-refractivity contribution is 5.67. The molecule has 1 unspecified atom stereocenters. The molecular weight excluding hydrogens is 172 g/mol. The van der Waals surface area contributed by atoms with Crippen molar-refractivity contribution in [1.82, 2.24) is 5.01 Å². The van der Waals surface area contributed by atoms with E-state index in [0.29, 0.717) is 0 Å². The van der Waals surface area contributed by atoms with E-state index in [9.17, 15) is 4.79 Å². The van der Waals surface area contributed by atoms with Crippen LogP contribution in [-0.2, 0) is 4.74 Å². The van der Waals surface area contributed by atoms with E-state index in [1.165, 1.54) is 0 Å². The van der Waals surface area contributed by atoms with Crippen LogP contribution < -0.4 is 5.84 Å². The SMILES string of the molecule is CC(O)CN(N)C(=O)OC(C)(C)C. The van der Waals surface area contributed by atoms with Gasteiger partial charge in [0.15, 0.2) is 0 Å². The van der Waals surface area contributed by atoms with Gasteiger partial charge >= 0.3 is 6.09 Å². The Morgan fingerprint density at radius 3 is 2.38 bits per heavy atom. The Labute approximate surface area is 78.4 Å². The summed E-state index contributed by atoms with van der Waals surface area (Å²) >= 11 is 0. The van der Waals surface area contributed by atoms with Crippen LogP contribution in [0.2, 0.25) is 0 Å². The van der Waals surface area contributed by atoms with Gasteiger partial charge in [-0.1, -0.05) is 0 Å². The average molecular weight is 190 g/mol. The summed E-state index contributed by atoms with van der Waals surface area (Å²) in [5.74, 6) is 5.32. The van der Waals surface area contributed by atoms with Crippen molar-refractivity contribution < 1.29 is 14.6 Å². The summed E-state index contributed by atoms with van der Waals surface area (Å²) in [4.78, 5) is 11.2. The zero-order valence-electron chi connectivity index (χ0n) is 8.57. The summed E-state index contributed by atoms with van der Waals surface area (Å²) in [5.41, 5.74) is -0.562. The van der Waals surface area contributed by atoms with Gasteiger partial charge in [-0.3, -0.25) is 0 Å². The van der Waals surface area contributed by atoms with Crippen molar-refractivity contribution in [3.05, 3.63) is 0 Å².